The lowest BCUT2D eigenvalue weighted by molar-refractivity contribution is -0.137. The molecule has 2 aromatic carbocycles. The summed E-state index contributed by atoms with van der Waals surface area (Å²) >= 11 is 0. The summed E-state index contributed by atoms with van der Waals surface area (Å²) in [5.41, 5.74) is 0.260. The van der Waals surface area contributed by atoms with Crippen LogP contribution in [-0.2, 0) is 6.18 Å². The first-order valence-electron chi connectivity index (χ1n) is 10.8. The average Bonchev–Trinajstić information content (AvgIpc) is 2.86. The lowest BCUT2D eigenvalue weighted by Gasteiger charge is -2.22. The monoisotopic (exact) mass is 490 g/mol. The number of alkyl halides is 3. The first kappa shape index (κ1) is 26.1. The van der Waals surface area contributed by atoms with E-state index >= 15 is 0 Å². The Hall–Kier alpha value is -3.47. The molecule has 10 heteroatoms. The summed E-state index contributed by atoms with van der Waals surface area (Å²) < 4.78 is 45.6. The summed E-state index contributed by atoms with van der Waals surface area (Å²) in [6, 6.07) is 14.2. The van der Waals surface area contributed by atoms with Gasteiger partial charge in [0, 0.05) is 18.7 Å². The number of carbonyl (C=O) groups is 1. The number of amides is 1. The molecule has 0 bridgehead atoms. The topological polar surface area (TPSA) is 103 Å². The maximum atomic E-state index is 13.3. The van der Waals surface area contributed by atoms with Crippen LogP contribution >= 0.6 is 0 Å². The maximum absolute atomic E-state index is 13.3. The fourth-order valence-corrected chi connectivity index (χ4v) is 3.37. The van der Waals surface area contributed by atoms with Crippen LogP contribution in [-0.4, -0.2) is 57.4 Å². The van der Waals surface area contributed by atoms with Gasteiger partial charge in [-0.1, -0.05) is 6.07 Å². The second-order valence-electron chi connectivity index (χ2n) is 7.59. The SMILES string of the molecule is CCN(CCO)C(=O)c1cc(C(F)(F)F)ccc1Oc1ccc(-c2cccc([C@H](O)CO)n2)cc1. The van der Waals surface area contributed by atoms with Gasteiger partial charge in [-0.15, -0.1) is 0 Å². The van der Waals surface area contributed by atoms with E-state index in [9.17, 15) is 28.2 Å². The third-order valence-electron chi connectivity index (χ3n) is 5.24. The molecule has 3 N–H and O–H groups in total. The smallest absolute Gasteiger partial charge is 0.416 e. The second kappa shape index (κ2) is 11.3. The Morgan fingerprint density at radius 1 is 1.09 bits per heavy atom. The van der Waals surface area contributed by atoms with Gasteiger partial charge < -0.3 is 25.0 Å². The van der Waals surface area contributed by atoms with Gasteiger partial charge in [-0.2, -0.15) is 13.2 Å². The Balaban J connectivity index is 1.91. The zero-order valence-electron chi connectivity index (χ0n) is 18.9. The van der Waals surface area contributed by atoms with E-state index in [0.29, 0.717) is 17.0 Å². The molecule has 0 spiro atoms. The van der Waals surface area contributed by atoms with Crippen LogP contribution in [0, 0.1) is 0 Å². The van der Waals surface area contributed by atoms with E-state index < -0.39 is 30.4 Å². The molecule has 3 rings (SSSR count). The molecule has 7 nitrogen and oxygen atoms in total. The molecule has 0 saturated carbocycles. The van der Waals surface area contributed by atoms with Crippen molar-refractivity contribution in [3.8, 4) is 22.8 Å². The zero-order chi connectivity index (χ0) is 25.6. The molecule has 1 aromatic heterocycles. The van der Waals surface area contributed by atoms with E-state index in [2.05, 4.69) is 4.98 Å². The highest BCUT2D eigenvalue weighted by atomic mass is 19.4. The minimum Gasteiger partial charge on any atom is -0.457 e. The largest absolute Gasteiger partial charge is 0.457 e. The number of halogens is 3. The van der Waals surface area contributed by atoms with Crippen molar-refractivity contribution in [3.63, 3.8) is 0 Å². The van der Waals surface area contributed by atoms with Crippen molar-refractivity contribution in [2.24, 2.45) is 0 Å². The molecule has 0 aliphatic carbocycles. The number of carbonyl (C=O) groups excluding carboxylic acids is 1. The number of benzene rings is 2. The van der Waals surface area contributed by atoms with Crippen molar-refractivity contribution in [2.75, 3.05) is 26.3 Å². The Morgan fingerprint density at radius 2 is 1.80 bits per heavy atom. The van der Waals surface area contributed by atoms with Crippen molar-refractivity contribution in [2.45, 2.75) is 19.2 Å². The predicted octanol–water partition coefficient (Wildman–Crippen LogP) is 4.04. The fraction of sp³-hybridized carbons (Fsp3) is 0.280. The van der Waals surface area contributed by atoms with Crippen LogP contribution in [0.25, 0.3) is 11.3 Å². The molecule has 1 amide bonds. The number of pyridine rings is 1. The summed E-state index contributed by atoms with van der Waals surface area (Å²) in [5.74, 6) is -0.472. The molecular weight excluding hydrogens is 465 g/mol. The van der Waals surface area contributed by atoms with Crippen molar-refractivity contribution < 1.29 is 38.0 Å². The van der Waals surface area contributed by atoms with Crippen LogP contribution < -0.4 is 4.74 Å². The number of aliphatic hydroxyl groups is 3. The van der Waals surface area contributed by atoms with E-state index in [1.165, 1.54) is 4.90 Å². The number of rotatable bonds is 9. The molecule has 1 atom stereocenters. The van der Waals surface area contributed by atoms with E-state index in [4.69, 9.17) is 9.84 Å². The maximum Gasteiger partial charge on any atom is 0.416 e. The minimum absolute atomic E-state index is 0.0310. The molecule has 0 aliphatic heterocycles. The molecule has 0 radical (unpaired) electrons. The highest BCUT2D eigenvalue weighted by Gasteiger charge is 2.32. The van der Waals surface area contributed by atoms with Crippen LogP contribution in [0.5, 0.6) is 11.5 Å². The Morgan fingerprint density at radius 3 is 2.40 bits per heavy atom. The van der Waals surface area contributed by atoms with Crippen LogP contribution in [0.2, 0.25) is 0 Å². The Bertz CT molecular complexity index is 1150. The molecule has 186 valence electrons. The molecule has 0 aliphatic rings. The van der Waals surface area contributed by atoms with Gasteiger partial charge in [0.1, 0.15) is 17.6 Å². The fourth-order valence-electron chi connectivity index (χ4n) is 3.37. The summed E-state index contributed by atoms with van der Waals surface area (Å²) in [6.45, 7) is 1.02. The average molecular weight is 490 g/mol. The zero-order valence-corrected chi connectivity index (χ0v) is 18.9. The van der Waals surface area contributed by atoms with Crippen molar-refractivity contribution in [3.05, 3.63) is 77.5 Å². The van der Waals surface area contributed by atoms with Crippen molar-refractivity contribution in [1.82, 2.24) is 9.88 Å². The van der Waals surface area contributed by atoms with Gasteiger partial charge in [-0.05, 0) is 61.5 Å². The Kier molecular flexibility index (Phi) is 8.44. The van der Waals surface area contributed by atoms with Crippen LogP contribution in [0.3, 0.4) is 0 Å². The number of aromatic nitrogens is 1. The lowest BCUT2D eigenvalue weighted by atomic mass is 10.1. The third-order valence-corrected chi connectivity index (χ3v) is 5.24. The minimum atomic E-state index is -4.64. The number of aliphatic hydroxyl groups excluding tert-OH is 3. The standard InChI is InChI=1S/C25H25F3N2O5/c1-2-30(12-13-31)24(34)19-14-17(25(26,27)28)8-11-23(19)35-18-9-6-16(7-10-18)20-4-3-5-21(29-20)22(33)15-32/h3-11,14,22,31-33H,2,12-13,15H2,1H3/t22-/m1/s1. The quantitative estimate of drug-likeness (QED) is 0.418. The van der Waals surface area contributed by atoms with Gasteiger partial charge in [-0.3, -0.25) is 4.79 Å². The summed E-state index contributed by atoms with van der Waals surface area (Å²) in [4.78, 5) is 18.5. The van der Waals surface area contributed by atoms with Gasteiger partial charge >= 0.3 is 6.18 Å². The van der Waals surface area contributed by atoms with Crippen LogP contribution in [0.15, 0.2) is 60.7 Å². The Labute approximate surface area is 200 Å². The molecule has 0 unspecified atom stereocenters. The summed E-state index contributed by atoms with van der Waals surface area (Å²) in [6.07, 6.45) is -5.75. The number of ether oxygens (including phenoxy) is 1. The van der Waals surface area contributed by atoms with Crippen molar-refractivity contribution in [1.29, 1.82) is 0 Å². The predicted molar refractivity (Wildman–Crippen MR) is 122 cm³/mol. The van der Waals surface area contributed by atoms with E-state index in [0.717, 1.165) is 18.2 Å². The molecule has 1 heterocycles. The summed E-state index contributed by atoms with van der Waals surface area (Å²) in [7, 11) is 0. The number of likely N-dealkylation sites (N-methyl/N-ethyl adjacent to an activating group) is 1. The summed E-state index contributed by atoms with van der Waals surface area (Å²) in [5, 5.41) is 28.1. The van der Waals surface area contributed by atoms with Gasteiger partial charge in [0.25, 0.3) is 5.91 Å². The van der Waals surface area contributed by atoms with Crippen molar-refractivity contribution >= 4 is 5.91 Å². The van der Waals surface area contributed by atoms with Crippen LogP contribution in [0.4, 0.5) is 13.2 Å². The normalized spacial score (nSPS) is 12.3. The first-order valence-corrected chi connectivity index (χ1v) is 10.8. The van der Waals surface area contributed by atoms with Crippen LogP contribution in [0.1, 0.15) is 34.6 Å². The van der Waals surface area contributed by atoms with Gasteiger partial charge in [-0.25, -0.2) is 4.98 Å². The molecular formula is C25H25F3N2O5. The molecule has 35 heavy (non-hydrogen) atoms. The number of hydrogen-bond donors (Lipinski definition) is 3. The molecule has 0 fully saturated rings. The van der Waals surface area contributed by atoms with E-state index in [1.807, 2.05) is 0 Å². The lowest BCUT2D eigenvalue weighted by Crippen LogP contribution is -2.33. The second-order valence-corrected chi connectivity index (χ2v) is 7.59. The van der Waals surface area contributed by atoms with E-state index in [1.54, 1.807) is 49.4 Å². The third kappa shape index (κ3) is 6.36. The molecule has 3 aromatic rings. The van der Waals surface area contributed by atoms with Gasteiger partial charge in [0.05, 0.1) is 35.7 Å². The number of hydrogen-bond acceptors (Lipinski definition) is 6. The highest BCUT2D eigenvalue weighted by molar-refractivity contribution is 5.97. The number of nitrogens with zero attached hydrogens (tertiary/aromatic N) is 2. The molecule has 0 saturated heterocycles. The van der Waals surface area contributed by atoms with Gasteiger partial charge in [0.2, 0.25) is 0 Å². The van der Waals surface area contributed by atoms with Gasteiger partial charge in [0.15, 0.2) is 0 Å². The highest BCUT2D eigenvalue weighted by Crippen LogP contribution is 2.35. The first-order chi connectivity index (χ1) is 16.7. The van der Waals surface area contributed by atoms with E-state index in [-0.39, 0.29) is 36.8 Å².